The molecule has 0 radical (unpaired) electrons. The van der Waals surface area contributed by atoms with Crippen molar-refractivity contribution in [2.24, 2.45) is 0 Å². The third kappa shape index (κ3) is 3.25. The first kappa shape index (κ1) is 19.1. The number of aryl methyl sites for hydroxylation is 1. The molecule has 0 fully saturated rings. The zero-order valence-corrected chi connectivity index (χ0v) is 16.9. The quantitative estimate of drug-likeness (QED) is 0.443. The van der Waals surface area contributed by atoms with Crippen molar-refractivity contribution in [2.75, 3.05) is 13.7 Å². The highest BCUT2D eigenvalue weighted by Gasteiger charge is 2.27. The third-order valence-electron chi connectivity index (χ3n) is 4.44. The highest BCUT2D eigenvalue weighted by Crippen LogP contribution is 2.41. The van der Waals surface area contributed by atoms with Crippen molar-refractivity contribution in [3.8, 4) is 27.6 Å². The van der Waals surface area contributed by atoms with Crippen molar-refractivity contribution in [3.05, 3.63) is 59.0 Å². The Balaban J connectivity index is 1.99. The smallest absolute Gasteiger partial charge is 0.350 e. The van der Waals surface area contributed by atoms with E-state index in [0.29, 0.717) is 17.4 Å². The van der Waals surface area contributed by atoms with Gasteiger partial charge in [0, 0.05) is 6.20 Å². The van der Waals surface area contributed by atoms with Gasteiger partial charge in [-0.25, -0.2) is 18.7 Å². The molecule has 148 valence electrons. The summed E-state index contributed by atoms with van der Waals surface area (Å²) in [6.45, 7) is 4.04. The van der Waals surface area contributed by atoms with Gasteiger partial charge in [-0.3, -0.25) is 0 Å². The highest BCUT2D eigenvalue weighted by molar-refractivity contribution is 7.17. The minimum atomic E-state index is -0.580. The normalized spacial score (nSPS) is 11.0. The van der Waals surface area contributed by atoms with E-state index < -0.39 is 11.8 Å². The molecule has 0 saturated carbocycles. The van der Waals surface area contributed by atoms with E-state index in [4.69, 9.17) is 9.47 Å². The molecular weight excluding hydrogens is 393 g/mol. The molecule has 6 nitrogen and oxygen atoms in total. The number of aromatic nitrogens is 3. The predicted octanol–water partition coefficient (Wildman–Crippen LogP) is 4.76. The van der Waals surface area contributed by atoms with Crippen molar-refractivity contribution < 1.29 is 18.7 Å². The van der Waals surface area contributed by atoms with E-state index >= 15 is 0 Å². The molecule has 0 bridgehead atoms. The maximum Gasteiger partial charge on any atom is 0.350 e. The summed E-state index contributed by atoms with van der Waals surface area (Å²) >= 11 is 1.15. The number of hydrogen-bond donors (Lipinski definition) is 0. The maximum atomic E-state index is 14.8. The SMILES string of the molecule is CCOc1cccc(F)c1-c1nc(-c2c(C)nn3ccccc23)sc1C(=O)OC. The third-order valence-corrected chi connectivity index (χ3v) is 5.49. The second-order valence-corrected chi connectivity index (χ2v) is 7.22. The van der Waals surface area contributed by atoms with Gasteiger partial charge in [0.2, 0.25) is 0 Å². The number of esters is 1. The second-order valence-electron chi connectivity index (χ2n) is 6.23. The molecule has 4 aromatic rings. The molecule has 0 aliphatic heterocycles. The molecule has 0 atom stereocenters. The number of ether oxygens (including phenoxy) is 2. The van der Waals surface area contributed by atoms with E-state index in [1.54, 1.807) is 16.6 Å². The number of methoxy groups -OCH3 is 1. The second kappa shape index (κ2) is 7.63. The lowest BCUT2D eigenvalue weighted by molar-refractivity contribution is 0.0607. The summed E-state index contributed by atoms with van der Waals surface area (Å²) in [5.41, 5.74) is 2.74. The number of benzene rings is 1. The lowest BCUT2D eigenvalue weighted by Crippen LogP contribution is -2.03. The fourth-order valence-corrected chi connectivity index (χ4v) is 4.31. The van der Waals surface area contributed by atoms with Gasteiger partial charge < -0.3 is 9.47 Å². The maximum absolute atomic E-state index is 14.8. The molecular formula is C21H18FN3O3S. The number of hydrogen-bond acceptors (Lipinski definition) is 6. The van der Waals surface area contributed by atoms with Crippen LogP contribution in [0, 0.1) is 12.7 Å². The van der Waals surface area contributed by atoms with Gasteiger partial charge in [0.15, 0.2) is 0 Å². The molecule has 0 amide bonds. The fourth-order valence-electron chi connectivity index (χ4n) is 3.22. The first-order chi connectivity index (χ1) is 14.0. The molecule has 0 saturated heterocycles. The molecule has 1 aromatic carbocycles. The Labute approximate surface area is 170 Å². The van der Waals surface area contributed by atoms with Gasteiger partial charge in [-0.2, -0.15) is 5.10 Å². The van der Waals surface area contributed by atoms with Crippen molar-refractivity contribution >= 4 is 22.8 Å². The number of nitrogens with zero attached hydrogens (tertiary/aromatic N) is 3. The summed E-state index contributed by atoms with van der Waals surface area (Å²) in [7, 11) is 1.29. The number of fused-ring (bicyclic) bond motifs is 1. The van der Waals surface area contributed by atoms with E-state index in [0.717, 1.165) is 28.1 Å². The summed E-state index contributed by atoms with van der Waals surface area (Å²) in [4.78, 5) is 17.3. The summed E-state index contributed by atoms with van der Waals surface area (Å²) in [5, 5.41) is 5.06. The van der Waals surface area contributed by atoms with Crippen molar-refractivity contribution in [2.45, 2.75) is 13.8 Å². The minimum absolute atomic E-state index is 0.145. The number of thiazole rings is 1. The fraction of sp³-hybridized carbons (Fsp3) is 0.190. The predicted molar refractivity (Wildman–Crippen MR) is 109 cm³/mol. The van der Waals surface area contributed by atoms with Crippen LogP contribution >= 0.6 is 11.3 Å². The zero-order chi connectivity index (χ0) is 20.5. The molecule has 0 N–H and O–H groups in total. The number of rotatable bonds is 5. The number of carbonyl (C=O) groups is 1. The van der Waals surface area contributed by atoms with Gasteiger partial charge in [-0.15, -0.1) is 11.3 Å². The lowest BCUT2D eigenvalue weighted by Gasteiger charge is -2.10. The van der Waals surface area contributed by atoms with Crippen LogP contribution in [0.4, 0.5) is 4.39 Å². The van der Waals surface area contributed by atoms with Crippen molar-refractivity contribution in [1.82, 2.24) is 14.6 Å². The van der Waals surface area contributed by atoms with E-state index in [1.807, 2.05) is 38.2 Å². The van der Waals surface area contributed by atoms with E-state index in [1.165, 1.54) is 13.2 Å². The van der Waals surface area contributed by atoms with Crippen LogP contribution in [0.2, 0.25) is 0 Å². The van der Waals surface area contributed by atoms with Crippen LogP contribution in [0.1, 0.15) is 22.3 Å². The number of carbonyl (C=O) groups excluding carboxylic acids is 1. The molecule has 0 unspecified atom stereocenters. The molecule has 0 spiro atoms. The highest BCUT2D eigenvalue weighted by atomic mass is 32.1. The van der Waals surface area contributed by atoms with Gasteiger partial charge in [0.25, 0.3) is 0 Å². The standard InChI is InChI=1S/C21H18FN3O3S/c1-4-28-15-10-7-8-13(22)17(15)18-19(21(26)27-3)29-20(23-18)16-12(2)24-25-11-6-5-9-14(16)25/h5-11H,4H2,1-3H3. The van der Waals surface area contributed by atoms with Gasteiger partial charge in [-0.05, 0) is 38.1 Å². The molecule has 8 heteroatoms. The van der Waals surface area contributed by atoms with Gasteiger partial charge >= 0.3 is 5.97 Å². The van der Waals surface area contributed by atoms with Crippen LogP contribution in [0.3, 0.4) is 0 Å². The molecule has 3 aromatic heterocycles. The Morgan fingerprint density at radius 3 is 2.79 bits per heavy atom. The molecule has 29 heavy (non-hydrogen) atoms. The number of pyridine rings is 1. The van der Waals surface area contributed by atoms with Crippen LogP contribution in [-0.2, 0) is 4.74 Å². The average molecular weight is 411 g/mol. The van der Waals surface area contributed by atoms with Crippen molar-refractivity contribution in [1.29, 1.82) is 0 Å². The van der Waals surface area contributed by atoms with Crippen LogP contribution in [0.15, 0.2) is 42.6 Å². The Hall–Kier alpha value is -3.26. The lowest BCUT2D eigenvalue weighted by atomic mass is 10.1. The first-order valence-corrected chi connectivity index (χ1v) is 9.82. The van der Waals surface area contributed by atoms with Crippen LogP contribution in [-0.4, -0.2) is 34.3 Å². The van der Waals surface area contributed by atoms with E-state index in [2.05, 4.69) is 10.1 Å². The van der Waals surface area contributed by atoms with Gasteiger partial charge in [-0.1, -0.05) is 12.1 Å². The molecule has 4 rings (SSSR count). The average Bonchev–Trinajstić information content (AvgIpc) is 3.27. The Bertz CT molecular complexity index is 1220. The monoisotopic (exact) mass is 411 g/mol. The van der Waals surface area contributed by atoms with Crippen molar-refractivity contribution in [3.63, 3.8) is 0 Å². The van der Waals surface area contributed by atoms with Gasteiger partial charge in [0.05, 0.1) is 36.1 Å². The Kier molecular flexibility index (Phi) is 5.02. The molecule has 3 heterocycles. The summed E-state index contributed by atoms with van der Waals surface area (Å²) in [6.07, 6.45) is 1.84. The molecule has 0 aliphatic rings. The Morgan fingerprint density at radius 1 is 1.21 bits per heavy atom. The largest absolute Gasteiger partial charge is 0.493 e. The summed E-state index contributed by atoms with van der Waals surface area (Å²) < 4.78 is 27.1. The van der Waals surface area contributed by atoms with Crippen LogP contribution in [0.5, 0.6) is 5.75 Å². The number of halogens is 1. The first-order valence-electron chi connectivity index (χ1n) is 9.00. The molecule has 0 aliphatic carbocycles. The summed E-state index contributed by atoms with van der Waals surface area (Å²) in [6, 6.07) is 10.2. The Morgan fingerprint density at radius 2 is 2.03 bits per heavy atom. The van der Waals surface area contributed by atoms with Gasteiger partial charge in [0.1, 0.15) is 27.1 Å². The topological polar surface area (TPSA) is 65.7 Å². The zero-order valence-electron chi connectivity index (χ0n) is 16.1. The minimum Gasteiger partial charge on any atom is -0.493 e. The summed E-state index contributed by atoms with van der Waals surface area (Å²) in [5.74, 6) is -0.774. The van der Waals surface area contributed by atoms with E-state index in [-0.39, 0.29) is 16.1 Å². The van der Waals surface area contributed by atoms with E-state index in [9.17, 15) is 9.18 Å². The van der Waals surface area contributed by atoms with Crippen LogP contribution in [0.25, 0.3) is 27.3 Å². The van der Waals surface area contributed by atoms with Crippen LogP contribution < -0.4 is 4.74 Å².